The van der Waals surface area contributed by atoms with E-state index < -0.39 is 0 Å². The molecule has 2 nitrogen and oxygen atoms in total. The van der Waals surface area contributed by atoms with Crippen molar-refractivity contribution in [1.29, 1.82) is 0 Å². The fraction of sp³-hybridized carbons (Fsp3) is 0.368. The quantitative estimate of drug-likeness (QED) is 0.916. The van der Waals surface area contributed by atoms with Crippen molar-refractivity contribution >= 4 is 5.69 Å². The molecular weight excluding hydrogens is 256 g/mol. The summed E-state index contributed by atoms with van der Waals surface area (Å²) in [6, 6.07) is 13.0. The molecule has 0 amide bonds. The fourth-order valence-corrected chi connectivity index (χ4v) is 3.13. The molecule has 0 bridgehead atoms. The van der Waals surface area contributed by atoms with Crippen molar-refractivity contribution in [2.75, 3.05) is 18.5 Å². The van der Waals surface area contributed by atoms with Crippen LogP contribution >= 0.6 is 0 Å². The van der Waals surface area contributed by atoms with Crippen LogP contribution in [0.3, 0.4) is 0 Å². The molecule has 0 spiro atoms. The van der Waals surface area contributed by atoms with E-state index in [4.69, 9.17) is 5.73 Å². The summed E-state index contributed by atoms with van der Waals surface area (Å²) in [5.41, 5.74) is 14.1. The highest BCUT2D eigenvalue weighted by molar-refractivity contribution is 5.49. The van der Waals surface area contributed by atoms with Crippen molar-refractivity contribution in [3.63, 3.8) is 0 Å². The van der Waals surface area contributed by atoms with Gasteiger partial charge >= 0.3 is 0 Å². The third-order valence-electron chi connectivity index (χ3n) is 4.02. The van der Waals surface area contributed by atoms with Gasteiger partial charge in [0, 0.05) is 25.3 Å². The standard InChI is InChI=1S/C19H26N2/c1-13-7-6-8-17(11-13)21(5)12-18(20)19-15(3)9-14(2)10-16(19)4/h6-11,18H,12,20H2,1-5H3. The van der Waals surface area contributed by atoms with E-state index in [2.05, 4.69) is 76.0 Å². The summed E-state index contributed by atoms with van der Waals surface area (Å²) in [5.74, 6) is 0. The van der Waals surface area contributed by atoms with Crippen molar-refractivity contribution in [3.8, 4) is 0 Å². The first kappa shape index (κ1) is 15.6. The lowest BCUT2D eigenvalue weighted by Crippen LogP contribution is -2.30. The predicted molar refractivity (Wildman–Crippen MR) is 92.0 cm³/mol. The summed E-state index contributed by atoms with van der Waals surface area (Å²) in [7, 11) is 2.10. The minimum Gasteiger partial charge on any atom is -0.373 e. The Morgan fingerprint density at radius 2 is 1.57 bits per heavy atom. The number of aryl methyl sites for hydroxylation is 4. The maximum absolute atomic E-state index is 6.48. The number of hydrogen-bond donors (Lipinski definition) is 1. The Kier molecular flexibility index (Phi) is 4.69. The van der Waals surface area contributed by atoms with Gasteiger partial charge in [-0.15, -0.1) is 0 Å². The normalized spacial score (nSPS) is 12.3. The summed E-state index contributed by atoms with van der Waals surface area (Å²) in [6.07, 6.45) is 0. The van der Waals surface area contributed by atoms with Crippen LogP contribution in [0.25, 0.3) is 0 Å². The van der Waals surface area contributed by atoms with Gasteiger partial charge in [-0.2, -0.15) is 0 Å². The second-order valence-corrected chi connectivity index (χ2v) is 6.14. The summed E-state index contributed by atoms with van der Waals surface area (Å²) in [4.78, 5) is 2.23. The minimum absolute atomic E-state index is 0.0242. The second kappa shape index (κ2) is 6.31. The Labute approximate surface area is 128 Å². The number of rotatable bonds is 4. The van der Waals surface area contributed by atoms with E-state index in [-0.39, 0.29) is 6.04 Å². The molecule has 2 aromatic rings. The molecule has 1 atom stereocenters. The SMILES string of the molecule is Cc1cccc(N(C)CC(N)c2c(C)cc(C)cc2C)c1. The number of likely N-dealkylation sites (N-methyl/N-ethyl adjacent to an activating group) is 1. The van der Waals surface area contributed by atoms with E-state index in [1.54, 1.807) is 0 Å². The van der Waals surface area contributed by atoms with Crippen LogP contribution in [-0.2, 0) is 0 Å². The third kappa shape index (κ3) is 3.64. The fourth-order valence-electron chi connectivity index (χ4n) is 3.13. The molecule has 0 fully saturated rings. The Bertz CT molecular complexity index is 608. The topological polar surface area (TPSA) is 29.3 Å². The molecule has 0 saturated heterocycles. The number of benzene rings is 2. The van der Waals surface area contributed by atoms with Gasteiger partial charge in [-0.05, 0) is 62.1 Å². The van der Waals surface area contributed by atoms with E-state index >= 15 is 0 Å². The van der Waals surface area contributed by atoms with Gasteiger partial charge < -0.3 is 10.6 Å². The molecule has 2 N–H and O–H groups in total. The molecule has 0 aliphatic heterocycles. The van der Waals surface area contributed by atoms with Crippen molar-refractivity contribution in [1.82, 2.24) is 0 Å². The van der Waals surface area contributed by atoms with Crippen LogP contribution in [0.1, 0.15) is 33.9 Å². The number of anilines is 1. The van der Waals surface area contributed by atoms with Gasteiger partial charge in [-0.3, -0.25) is 0 Å². The zero-order valence-electron chi connectivity index (χ0n) is 13.8. The van der Waals surface area contributed by atoms with Crippen molar-refractivity contribution in [3.05, 3.63) is 64.2 Å². The van der Waals surface area contributed by atoms with E-state index in [0.717, 1.165) is 6.54 Å². The first-order valence-corrected chi connectivity index (χ1v) is 7.49. The molecule has 2 rings (SSSR count). The third-order valence-corrected chi connectivity index (χ3v) is 4.02. The van der Waals surface area contributed by atoms with E-state index in [9.17, 15) is 0 Å². The highest BCUT2D eigenvalue weighted by Gasteiger charge is 2.15. The van der Waals surface area contributed by atoms with Crippen LogP contribution in [0.2, 0.25) is 0 Å². The van der Waals surface area contributed by atoms with Crippen molar-refractivity contribution in [2.24, 2.45) is 5.73 Å². The Morgan fingerprint density at radius 3 is 2.14 bits per heavy atom. The lowest BCUT2D eigenvalue weighted by molar-refractivity contribution is 0.694. The minimum atomic E-state index is 0.0242. The molecule has 1 unspecified atom stereocenters. The van der Waals surface area contributed by atoms with Gasteiger partial charge in [0.25, 0.3) is 0 Å². The van der Waals surface area contributed by atoms with Gasteiger partial charge in [-0.25, -0.2) is 0 Å². The second-order valence-electron chi connectivity index (χ2n) is 6.14. The number of nitrogens with two attached hydrogens (primary N) is 1. The average Bonchev–Trinajstić information content (AvgIpc) is 2.37. The first-order valence-electron chi connectivity index (χ1n) is 7.49. The molecule has 0 heterocycles. The average molecular weight is 282 g/mol. The molecule has 0 radical (unpaired) electrons. The van der Waals surface area contributed by atoms with E-state index in [0.29, 0.717) is 0 Å². The summed E-state index contributed by atoms with van der Waals surface area (Å²) in [5, 5.41) is 0. The van der Waals surface area contributed by atoms with Crippen LogP contribution in [0.4, 0.5) is 5.69 Å². The molecule has 112 valence electrons. The summed E-state index contributed by atoms with van der Waals surface area (Å²) in [6.45, 7) is 9.37. The highest BCUT2D eigenvalue weighted by Crippen LogP contribution is 2.24. The van der Waals surface area contributed by atoms with Gasteiger partial charge in [0.2, 0.25) is 0 Å². The van der Waals surface area contributed by atoms with Crippen molar-refractivity contribution < 1.29 is 0 Å². The molecule has 21 heavy (non-hydrogen) atoms. The lowest BCUT2D eigenvalue weighted by Gasteiger charge is -2.26. The van der Waals surface area contributed by atoms with E-state index in [1.165, 1.54) is 33.5 Å². The van der Waals surface area contributed by atoms with E-state index in [1.807, 2.05) is 0 Å². The molecule has 0 saturated carbocycles. The monoisotopic (exact) mass is 282 g/mol. The van der Waals surface area contributed by atoms with Crippen molar-refractivity contribution in [2.45, 2.75) is 33.7 Å². The molecule has 2 heteroatoms. The molecule has 0 aliphatic carbocycles. The number of nitrogens with zero attached hydrogens (tertiary/aromatic N) is 1. The Balaban J connectivity index is 2.20. The van der Waals surface area contributed by atoms with Gasteiger partial charge in [0.15, 0.2) is 0 Å². The van der Waals surface area contributed by atoms with Gasteiger partial charge in [-0.1, -0.05) is 29.8 Å². The zero-order valence-corrected chi connectivity index (χ0v) is 13.8. The summed E-state index contributed by atoms with van der Waals surface area (Å²) < 4.78 is 0. The van der Waals surface area contributed by atoms with Crippen LogP contribution in [0, 0.1) is 27.7 Å². The predicted octanol–water partition coefficient (Wildman–Crippen LogP) is 4.06. The van der Waals surface area contributed by atoms with Gasteiger partial charge in [0.05, 0.1) is 0 Å². The Hall–Kier alpha value is -1.80. The lowest BCUT2D eigenvalue weighted by atomic mass is 9.94. The van der Waals surface area contributed by atoms with Crippen LogP contribution in [0.5, 0.6) is 0 Å². The van der Waals surface area contributed by atoms with Gasteiger partial charge in [0.1, 0.15) is 0 Å². The van der Waals surface area contributed by atoms with Crippen LogP contribution in [0.15, 0.2) is 36.4 Å². The van der Waals surface area contributed by atoms with Crippen LogP contribution < -0.4 is 10.6 Å². The highest BCUT2D eigenvalue weighted by atomic mass is 15.1. The number of hydrogen-bond acceptors (Lipinski definition) is 2. The molecule has 2 aromatic carbocycles. The Morgan fingerprint density at radius 1 is 0.952 bits per heavy atom. The maximum Gasteiger partial charge on any atom is 0.0478 e. The molecule has 0 aromatic heterocycles. The first-order chi connectivity index (χ1) is 9.88. The smallest absolute Gasteiger partial charge is 0.0478 e. The molecule has 0 aliphatic rings. The summed E-state index contributed by atoms with van der Waals surface area (Å²) >= 11 is 0. The van der Waals surface area contributed by atoms with Crippen LogP contribution in [-0.4, -0.2) is 13.6 Å². The zero-order chi connectivity index (χ0) is 15.6. The molecular formula is C19H26N2. The largest absolute Gasteiger partial charge is 0.373 e. The maximum atomic E-state index is 6.48.